The highest BCUT2D eigenvalue weighted by molar-refractivity contribution is 5.95. The normalized spacial score (nSPS) is 13.2. The maximum atomic E-state index is 12.4. The zero-order valence-electron chi connectivity index (χ0n) is 19.8. The first kappa shape index (κ1) is 22.6. The number of amides is 2. The van der Waals surface area contributed by atoms with Crippen LogP contribution in [0.4, 0.5) is 5.82 Å². The average molecular weight is 469 g/mol. The number of hydrogen-bond acceptors (Lipinski definition) is 5. The van der Waals surface area contributed by atoms with Crippen LogP contribution >= 0.6 is 0 Å². The predicted octanol–water partition coefficient (Wildman–Crippen LogP) is 4.12. The molecule has 1 aliphatic rings. The fourth-order valence-electron chi connectivity index (χ4n) is 3.88. The summed E-state index contributed by atoms with van der Waals surface area (Å²) in [6, 6.07) is 15.0. The van der Waals surface area contributed by atoms with Gasteiger partial charge in [-0.15, -0.1) is 0 Å². The summed E-state index contributed by atoms with van der Waals surface area (Å²) in [5.74, 6) is 0.549. The van der Waals surface area contributed by atoms with E-state index in [-0.39, 0.29) is 5.91 Å². The van der Waals surface area contributed by atoms with Gasteiger partial charge in [0.25, 0.3) is 5.91 Å². The Balaban J connectivity index is 1.56. The predicted molar refractivity (Wildman–Crippen MR) is 136 cm³/mol. The zero-order chi connectivity index (χ0) is 24.5. The smallest absolute Gasteiger partial charge is 0.251 e. The van der Waals surface area contributed by atoms with Gasteiger partial charge < -0.3 is 16.4 Å². The summed E-state index contributed by atoms with van der Waals surface area (Å²) in [6.45, 7) is 4.99. The summed E-state index contributed by atoms with van der Waals surface area (Å²) in [4.78, 5) is 33.6. The van der Waals surface area contributed by atoms with Crippen LogP contribution in [0, 0.1) is 5.92 Å². The van der Waals surface area contributed by atoms with E-state index in [9.17, 15) is 9.59 Å². The molecule has 0 radical (unpaired) electrons. The molecule has 1 fully saturated rings. The number of aromatic nitrogens is 3. The molecule has 1 saturated carbocycles. The highest BCUT2D eigenvalue weighted by Crippen LogP contribution is 2.29. The zero-order valence-corrected chi connectivity index (χ0v) is 19.8. The Bertz CT molecular complexity index is 1400. The van der Waals surface area contributed by atoms with Crippen molar-refractivity contribution in [3.8, 4) is 22.5 Å². The largest absolute Gasteiger partial charge is 0.367 e. The van der Waals surface area contributed by atoms with Gasteiger partial charge >= 0.3 is 0 Å². The van der Waals surface area contributed by atoms with Crippen LogP contribution in [0.25, 0.3) is 28.2 Å². The number of benzene rings is 2. The average Bonchev–Trinajstić information content (AvgIpc) is 3.57. The van der Waals surface area contributed by atoms with Crippen molar-refractivity contribution in [3.63, 3.8) is 0 Å². The van der Waals surface area contributed by atoms with Crippen LogP contribution in [0.15, 0.2) is 60.9 Å². The number of imidazole rings is 1. The van der Waals surface area contributed by atoms with E-state index < -0.39 is 5.91 Å². The second-order valence-electron chi connectivity index (χ2n) is 9.36. The van der Waals surface area contributed by atoms with Crippen molar-refractivity contribution in [1.29, 1.82) is 0 Å². The first-order valence-corrected chi connectivity index (χ1v) is 11.8. The van der Waals surface area contributed by atoms with Crippen molar-refractivity contribution in [2.45, 2.75) is 32.7 Å². The number of anilines is 1. The van der Waals surface area contributed by atoms with Crippen LogP contribution in [0.5, 0.6) is 0 Å². The molecule has 178 valence electrons. The molecule has 8 heteroatoms. The topological polar surface area (TPSA) is 114 Å². The van der Waals surface area contributed by atoms with Crippen LogP contribution in [0.3, 0.4) is 0 Å². The number of carbonyl (C=O) groups excluding carboxylic acids is 2. The van der Waals surface area contributed by atoms with E-state index in [1.54, 1.807) is 24.4 Å². The van der Waals surface area contributed by atoms with Crippen molar-refractivity contribution < 1.29 is 9.59 Å². The second-order valence-corrected chi connectivity index (χ2v) is 9.36. The van der Waals surface area contributed by atoms with Crippen molar-refractivity contribution in [2.75, 3.05) is 11.9 Å². The standard InChI is InChI=1S/C27H28N6O2/c1-16(2)13-29-25-26-30-14-23(17-6-8-18(9-7-17)27(35)31-21-10-11-21)33(26)15-22(32-25)19-4-3-5-20(12-19)24(28)34/h3-9,12,14-16,21H,10-11,13H2,1-2H3,(H2,28,34)(H,29,32)(H,31,35). The Hall–Kier alpha value is -4.20. The number of nitrogens with zero attached hydrogens (tertiary/aromatic N) is 3. The number of rotatable bonds is 8. The molecule has 2 amide bonds. The van der Waals surface area contributed by atoms with Crippen LogP contribution in [-0.4, -0.2) is 38.8 Å². The fourth-order valence-corrected chi connectivity index (χ4v) is 3.88. The quantitative estimate of drug-likeness (QED) is 0.360. The van der Waals surface area contributed by atoms with Gasteiger partial charge in [0.1, 0.15) is 0 Å². The lowest BCUT2D eigenvalue weighted by atomic mass is 10.1. The number of fused-ring (bicyclic) bond motifs is 1. The van der Waals surface area contributed by atoms with Gasteiger partial charge in [0, 0.05) is 41.0 Å². The summed E-state index contributed by atoms with van der Waals surface area (Å²) in [5.41, 5.74) is 10.5. The van der Waals surface area contributed by atoms with E-state index in [4.69, 9.17) is 10.7 Å². The molecule has 0 unspecified atom stereocenters. The van der Waals surface area contributed by atoms with Gasteiger partial charge in [-0.25, -0.2) is 9.97 Å². The summed E-state index contributed by atoms with van der Waals surface area (Å²) < 4.78 is 1.99. The number of carbonyl (C=O) groups is 2. The van der Waals surface area contributed by atoms with Crippen molar-refractivity contribution in [3.05, 3.63) is 72.1 Å². The molecule has 0 saturated heterocycles. The molecule has 8 nitrogen and oxygen atoms in total. The van der Waals surface area contributed by atoms with Crippen molar-refractivity contribution in [2.24, 2.45) is 11.7 Å². The lowest BCUT2D eigenvalue weighted by Gasteiger charge is -2.13. The van der Waals surface area contributed by atoms with Crippen LogP contribution in [-0.2, 0) is 0 Å². The maximum Gasteiger partial charge on any atom is 0.251 e. The molecule has 2 aromatic heterocycles. The third kappa shape index (κ3) is 4.87. The lowest BCUT2D eigenvalue weighted by molar-refractivity contribution is 0.0949. The fraction of sp³-hybridized carbons (Fsp3) is 0.259. The van der Waals surface area contributed by atoms with Crippen LogP contribution in [0.1, 0.15) is 47.4 Å². The van der Waals surface area contributed by atoms with Gasteiger partial charge in [0.2, 0.25) is 5.91 Å². The number of nitrogens with two attached hydrogens (primary N) is 1. The van der Waals surface area contributed by atoms with Gasteiger partial charge in [-0.3, -0.25) is 14.0 Å². The summed E-state index contributed by atoms with van der Waals surface area (Å²) in [6.07, 6.45) is 5.82. The molecule has 4 aromatic rings. The van der Waals surface area contributed by atoms with Gasteiger partial charge in [0.05, 0.1) is 17.6 Å². The van der Waals surface area contributed by atoms with E-state index in [1.807, 2.05) is 40.9 Å². The van der Waals surface area contributed by atoms with Crippen molar-refractivity contribution >= 4 is 23.3 Å². The molecular formula is C27H28N6O2. The number of nitrogens with one attached hydrogen (secondary N) is 2. The second kappa shape index (κ2) is 9.21. The van der Waals surface area contributed by atoms with E-state index in [2.05, 4.69) is 29.5 Å². The number of primary amides is 1. The van der Waals surface area contributed by atoms with E-state index in [0.29, 0.717) is 40.2 Å². The molecule has 0 atom stereocenters. The minimum Gasteiger partial charge on any atom is -0.367 e. The van der Waals surface area contributed by atoms with Crippen LogP contribution in [0.2, 0.25) is 0 Å². The molecule has 0 bridgehead atoms. The van der Waals surface area contributed by atoms with Gasteiger partial charge in [-0.05, 0) is 43.0 Å². The summed E-state index contributed by atoms with van der Waals surface area (Å²) in [5, 5.41) is 6.43. The molecule has 2 aromatic carbocycles. The Morgan fingerprint density at radius 3 is 2.54 bits per heavy atom. The lowest BCUT2D eigenvalue weighted by Crippen LogP contribution is -2.25. The molecule has 2 heterocycles. The molecule has 5 rings (SSSR count). The minimum atomic E-state index is -0.486. The van der Waals surface area contributed by atoms with E-state index in [1.165, 1.54) is 0 Å². The van der Waals surface area contributed by atoms with E-state index in [0.717, 1.165) is 36.2 Å². The third-order valence-electron chi connectivity index (χ3n) is 5.97. The maximum absolute atomic E-state index is 12.4. The Kier molecular flexibility index (Phi) is 5.94. The SMILES string of the molecule is CC(C)CNc1nc(-c2cccc(C(N)=O)c2)cn2c(-c3ccc(C(=O)NC4CC4)cc3)cnc12. The summed E-state index contributed by atoms with van der Waals surface area (Å²) >= 11 is 0. The monoisotopic (exact) mass is 468 g/mol. The Labute approximate surface area is 203 Å². The Morgan fingerprint density at radius 2 is 1.86 bits per heavy atom. The Morgan fingerprint density at radius 1 is 1.09 bits per heavy atom. The molecule has 0 spiro atoms. The number of hydrogen-bond donors (Lipinski definition) is 3. The van der Waals surface area contributed by atoms with Gasteiger partial charge in [0.15, 0.2) is 11.5 Å². The van der Waals surface area contributed by atoms with Crippen molar-refractivity contribution in [1.82, 2.24) is 19.7 Å². The highest BCUT2D eigenvalue weighted by Gasteiger charge is 2.24. The van der Waals surface area contributed by atoms with Crippen LogP contribution < -0.4 is 16.4 Å². The minimum absolute atomic E-state index is 0.0433. The first-order chi connectivity index (χ1) is 16.9. The molecular weight excluding hydrogens is 440 g/mol. The molecule has 4 N–H and O–H groups in total. The third-order valence-corrected chi connectivity index (χ3v) is 5.97. The van der Waals surface area contributed by atoms with E-state index >= 15 is 0 Å². The molecule has 35 heavy (non-hydrogen) atoms. The molecule has 0 aliphatic heterocycles. The van der Waals surface area contributed by atoms with Gasteiger partial charge in [-0.1, -0.05) is 38.1 Å². The highest BCUT2D eigenvalue weighted by atomic mass is 16.2. The first-order valence-electron chi connectivity index (χ1n) is 11.8. The summed E-state index contributed by atoms with van der Waals surface area (Å²) in [7, 11) is 0. The molecule has 1 aliphatic carbocycles. The van der Waals surface area contributed by atoms with Gasteiger partial charge in [-0.2, -0.15) is 0 Å².